The highest BCUT2D eigenvalue weighted by Gasteiger charge is 2.26. The summed E-state index contributed by atoms with van der Waals surface area (Å²) in [6.07, 6.45) is -0.230. The summed E-state index contributed by atoms with van der Waals surface area (Å²) >= 11 is 5.77. The maximum absolute atomic E-state index is 12.0. The molecule has 1 aliphatic rings. The molecule has 0 bridgehead atoms. The topological polar surface area (TPSA) is 32.8 Å². The Morgan fingerprint density at radius 3 is 2.75 bits per heavy atom. The number of hydrogen-bond donors (Lipinski definition) is 0. The molecular formula is C15H21ClN2O2. The molecule has 0 aliphatic carbocycles. The van der Waals surface area contributed by atoms with Crippen LogP contribution in [0, 0.1) is 0 Å². The van der Waals surface area contributed by atoms with E-state index in [1.807, 2.05) is 30.3 Å². The molecule has 0 radical (unpaired) electrons. The van der Waals surface area contributed by atoms with Crippen LogP contribution in [0.2, 0.25) is 0 Å². The number of amides is 1. The van der Waals surface area contributed by atoms with Crippen LogP contribution >= 0.6 is 11.6 Å². The number of rotatable bonds is 4. The van der Waals surface area contributed by atoms with E-state index in [2.05, 4.69) is 11.8 Å². The van der Waals surface area contributed by atoms with E-state index < -0.39 is 0 Å². The molecule has 0 N–H and O–H groups in total. The highest BCUT2D eigenvalue weighted by molar-refractivity contribution is 6.18. The maximum atomic E-state index is 12.0. The largest absolute Gasteiger partial charge is 0.445 e. The highest BCUT2D eigenvalue weighted by Crippen LogP contribution is 2.11. The van der Waals surface area contributed by atoms with E-state index in [1.165, 1.54) is 0 Å². The molecule has 1 aromatic rings. The van der Waals surface area contributed by atoms with Gasteiger partial charge >= 0.3 is 6.09 Å². The fourth-order valence-corrected chi connectivity index (χ4v) is 2.63. The molecule has 110 valence electrons. The van der Waals surface area contributed by atoms with Gasteiger partial charge in [-0.1, -0.05) is 30.3 Å². The van der Waals surface area contributed by atoms with Gasteiger partial charge in [0.2, 0.25) is 0 Å². The van der Waals surface area contributed by atoms with Crippen LogP contribution in [-0.4, -0.2) is 54.0 Å². The summed E-state index contributed by atoms with van der Waals surface area (Å²) in [4.78, 5) is 16.1. The maximum Gasteiger partial charge on any atom is 0.410 e. The molecule has 20 heavy (non-hydrogen) atoms. The molecule has 1 atom stereocenters. The first-order chi connectivity index (χ1) is 9.70. The van der Waals surface area contributed by atoms with Gasteiger partial charge in [-0.15, -0.1) is 11.6 Å². The number of nitrogens with zero attached hydrogens (tertiary/aromatic N) is 2. The van der Waals surface area contributed by atoms with E-state index in [9.17, 15) is 4.79 Å². The molecule has 4 nitrogen and oxygen atoms in total. The van der Waals surface area contributed by atoms with Crippen molar-refractivity contribution in [3.05, 3.63) is 35.9 Å². The Labute approximate surface area is 125 Å². The number of hydrogen-bond acceptors (Lipinski definition) is 3. The lowest BCUT2D eigenvalue weighted by molar-refractivity contribution is 0.0540. The number of carbonyl (C=O) groups is 1. The predicted octanol–water partition coefficient (Wildman–Crippen LogP) is 2.57. The lowest BCUT2D eigenvalue weighted by Gasteiger charge is -2.38. The molecule has 1 heterocycles. The van der Waals surface area contributed by atoms with Crippen LogP contribution < -0.4 is 0 Å². The summed E-state index contributed by atoms with van der Waals surface area (Å²) in [5.41, 5.74) is 1.01. The summed E-state index contributed by atoms with van der Waals surface area (Å²) in [5.74, 6) is 0.628. The lowest BCUT2D eigenvalue weighted by Crippen LogP contribution is -2.54. The minimum atomic E-state index is -0.230. The second-order valence-corrected chi connectivity index (χ2v) is 5.44. The zero-order valence-corrected chi connectivity index (χ0v) is 12.6. The van der Waals surface area contributed by atoms with Crippen LogP contribution in [0.25, 0.3) is 0 Å². The molecule has 2 rings (SSSR count). The predicted molar refractivity (Wildman–Crippen MR) is 80.0 cm³/mol. The summed E-state index contributed by atoms with van der Waals surface area (Å²) in [6, 6.07) is 10.1. The first-order valence-corrected chi connectivity index (χ1v) is 7.50. The third kappa shape index (κ3) is 4.12. The van der Waals surface area contributed by atoms with Gasteiger partial charge in [-0.05, 0) is 12.5 Å². The Balaban J connectivity index is 1.79. The fourth-order valence-electron chi connectivity index (χ4n) is 2.41. The quantitative estimate of drug-likeness (QED) is 0.801. The number of piperazine rings is 1. The molecule has 1 amide bonds. The minimum absolute atomic E-state index is 0.230. The monoisotopic (exact) mass is 296 g/mol. The number of ether oxygens (including phenoxy) is 1. The second kappa shape index (κ2) is 7.50. The van der Waals surface area contributed by atoms with Crippen molar-refractivity contribution < 1.29 is 9.53 Å². The molecule has 0 spiro atoms. The van der Waals surface area contributed by atoms with E-state index in [0.717, 1.165) is 18.7 Å². The molecule has 1 aromatic carbocycles. The van der Waals surface area contributed by atoms with Crippen LogP contribution in [0.5, 0.6) is 0 Å². The zero-order valence-electron chi connectivity index (χ0n) is 11.8. The molecule has 0 saturated carbocycles. The van der Waals surface area contributed by atoms with Crippen molar-refractivity contribution in [3.8, 4) is 0 Å². The van der Waals surface area contributed by atoms with Crippen molar-refractivity contribution in [1.82, 2.24) is 9.80 Å². The Kier molecular flexibility index (Phi) is 5.68. The van der Waals surface area contributed by atoms with Gasteiger partial charge in [-0.3, -0.25) is 4.90 Å². The minimum Gasteiger partial charge on any atom is -0.445 e. The van der Waals surface area contributed by atoms with E-state index in [-0.39, 0.29) is 6.09 Å². The smallest absolute Gasteiger partial charge is 0.410 e. The van der Waals surface area contributed by atoms with Gasteiger partial charge < -0.3 is 9.64 Å². The van der Waals surface area contributed by atoms with Gasteiger partial charge in [-0.2, -0.15) is 0 Å². The normalized spacial score (nSPS) is 19.9. The van der Waals surface area contributed by atoms with E-state index >= 15 is 0 Å². The average molecular weight is 297 g/mol. The van der Waals surface area contributed by atoms with Gasteiger partial charge in [0.15, 0.2) is 0 Å². The van der Waals surface area contributed by atoms with Crippen molar-refractivity contribution in [2.75, 3.05) is 32.1 Å². The first-order valence-electron chi connectivity index (χ1n) is 6.96. The van der Waals surface area contributed by atoms with Crippen LogP contribution in [-0.2, 0) is 11.3 Å². The number of halogens is 1. The van der Waals surface area contributed by atoms with E-state index in [1.54, 1.807) is 4.90 Å². The van der Waals surface area contributed by atoms with Crippen LogP contribution in [0.3, 0.4) is 0 Å². The number of carbonyl (C=O) groups excluding carboxylic acids is 1. The molecule has 0 unspecified atom stereocenters. The van der Waals surface area contributed by atoms with Crippen molar-refractivity contribution in [1.29, 1.82) is 0 Å². The summed E-state index contributed by atoms with van der Waals surface area (Å²) < 4.78 is 5.35. The Bertz CT molecular complexity index is 427. The average Bonchev–Trinajstić information content (AvgIpc) is 2.48. The number of alkyl halides is 1. The van der Waals surface area contributed by atoms with Crippen LogP contribution in [0.4, 0.5) is 4.79 Å². The van der Waals surface area contributed by atoms with Gasteiger partial charge in [0, 0.05) is 38.1 Å². The second-order valence-electron chi connectivity index (χ2n) is 5.06. The zero-order chi connectivity index (χ0) is 14.4. The molecule has 1 fully saturated rings. The summed E-state index contributed by atoms with van der Waals surface area (Å²) in [5, 5.41) is 0. The third-order valence-electron chi connectivity index (χ3n) is 3.60. The molecule has 1 saturated heterocycles. The molecule has 0 aromatic heterocycles. The Morgan fingerprint density at radius 2 is 2.10 bits per heavy atom. The standard InChI is InChI=1S/C15H21ClN2O2/c1-13-11-18(10-9-17(13)8-7-16)15(19)20-12-14-5-3-2-4-6-14/h2-6,13H,7-12H2,1H3/t13-/m0/s1. The van der Waals surface area contributed by atoms with Crippen molar-refractivity contribution >= 4 is 17.7 Å². The lowest BCUT2D eigenvalue weighted by atomic mass is 10.2. The summed E-state index contributed by atoms with van der Waals surface area (Å²) in [6.45, 7) is 5.57. The third-order valence-corrected chi connectivity index (χ3v) is 3.77. The van der Waals surface area contributed by atoms with Gasteiger partial charge in [0.05, 0.1) is 0 Å². The van der Waals surface area contributed by atoms with Gasteiger partial charge in [0.25, 0.3) is 0 Å². The highest BCUT2D eigenvalue weighted by atomic mass is 35.5. The van der Waals surface area contributed by atoms with Crippen molar-refractivity contribution in [2.24, 2.45) is 0 Å². The van der Waals surface area contributed by atoms with Crippen LogP contribution in [0.15, 0.2) is 30.3 Å². The van der Waals surface area contributed by atoms with Crippen molar-refractivity contribution in [2.45, 2.75) is 19.6 Å². The molecule has 5 heteroatoms. The summed E-state index contributed by atoms with van der Waals surface area (Å²) in [7, 11) is 0. The molecule has 1 aliphatic heterocycles. The fraction of sp³-hybridized carbons (Fsp3) is 0.533. The number of benzene rings is 1. The first kappa shape index (κ1) is 15.1. The van der Waals surface area contributed by atoms with E-state index in [0.29, 0.717) is 31.6 Å². The van der Waals surface area contributed by atoms with Gasteiger partial charge in [0.1, 0.15) is 6.61 Å². The SMILES string of the molecule is C[C@H]1CN(C(=O)OCc2ccccc2)CCN1CCCl. The Hall–Kier alpha value is -1.26. The Morgan fingerprint density at radius 1 is 1.35 bits per heavy atom. The van der Waals surface area contributed by atoms with Crippen LogP contribution in [0.1, 0.15) is 12.5 Å². The molecular weight excluding hydrogens is 276 g/mol. The van der Waals surface area contributed by atoms with Crippen molar-refractivity contribution in [3.63, 3.8) is 0 Å². The van der Waals surface area contributed by atoms with E-state index in [4.69, 9.17) is 16.3 Å². The van der Waals surface area contributed by atoms with Gasteiger partial charge in [-0.25, -0.2) is 4.79 Å².